The highest BCUT2D eigenvalue weighted by Crippen LogP contribution is 2.47. The van der Waals surface area contributed by atoms with Crippen LogP contribution in [0, 0.1) is 0 Å². The normalized spacial score (nSPS) is 14.4. The molecule has 1 aromatic heterocycles. The Kier molecular flexibility index (Phi) is 3.29. The monoisotopic (exact) mass is 275 g/mol. The van der Waals surface area contributed by atoms with E-state index in [-0.39, 0.29) is 0 Å². The summed E-state index contributed by atoms with van der Waals surface area (Å²) < 4.78 is 9.61. The van der Waals surface area contributed by atoms with Crippen LogP contribution in [0.25, 0.3) is 0 Å². The van der Waals surface area contributed by atoms with E-state index in [2.05, 4.69) is 15.8 Å². The van der Waals surface area contributed by atoms with Crippen LogP contribution in [0.5, 0.6) is 5.75 Å². The molecule has 100 valence electrons. The van der Waals surface area contributed by atoms with E-state index in [1.165, 1.54) is 29.9 Å². The predicted molar refractivity (Wildman–Crippen MR) is 78.8 cm³/mol. The SMILES string of the molecule is COc1ccccc1CNc1snc(N)c1C1CC1. The van der Waals surface area contributed by atoms with Crippen LogP contribution in [0.3, 0.4) is 0 Å². The fraction of sp³-hybridized carbons (Fsp3) is 0.357. The molecule has 1 aromatic carbocycles. The fourth-order valence-electron chi connectivity index (χ4n) is 2.23. The van der Waals surface area contributed by atoms with Crippen LogP contribution < -0.4 is 15.8 Å². The van der Waals surface area contributed by atoms with E-state index in [1.54, 1.807) is 7.11 Å². The topological polar surface area (TPSA) is 60.2 Å². The molecule has 0 unspecified atom stereocenters. The van der Waals surface area contributed by atoms with Crippen molar-refractivity contribution in [2.24, 2.45) is 0 Å². The van der Waals surface area contributed by atoms with Gasteiger partial charge in [0.1, 0.15) is 16.6 Å². The van der Waals surface area contributed by atoms with Crippen molar-refractivity contribution in [2.75, 3.05) is 18.2 Å². The van der Waals surface area contributed by atoms with E-state index in [0.29, 0.717) is 11.7 Å². The maximum absolute atomic E-state index is 5.94. The van der Waals surface area contributed by atoms with Crippen molar-refractivity contribution in [1.29, 1.82) is 0 Å². The molecule has 1 fully saturated rings. The minimum atomic E-state index is 0.610. The lowest BCUT2D eigenvalue weighted by molar-refractivity contribution is 0.410. The number of nitrogens with zero attached hydrogens (tertiary/aromatic N) is 1. The zero-order valence-electron chi connectivity index (χ0n) is 10.8. The van der Waals surface area contributed by atoms with E-state index >= 15 is 0 Å². The highest BCUT2D eigenvalue weighted by molar-refractivity contribution is 7.10. The summed E-state index contributed by atoms with van der Waals surface area (Å²) >= 11 is 1.45. The summed E-state index contributed by atoms with van der Waals surface area (Å²) in [6.45, 7) is 0.728. The molecular weight excluding hydrogens is 258 g/mol. The summed E-state index contributed by atoms with van der Waals surface area (Å²) in [5.41, 5.74) is 8.29. The van der Waals surface area contributed by atoms with Crippen molar-refractivity contribution in [2.45, 2.75) is 25.3 Å². The summed E-state index contributed by atoms with van der Waals surface area (Å²) in [6, 6.07) is 8.03. The molecule has 3 rings (SSSR count). The summed E-state index contributed by atoms with van der Waals surface area (Å²) in [6.07, 6.45) is 2.46. The van der Waals surface area contributed by atoms with Crippen LogP contribution in [0.4, 0.5) is 10.8 Å². The highest BCUT2D eigenvalue weighted by atomic mass is 32.1. The predicted octanol–water partition coefficient (Wildman–Crippen LogP) is 3.22. The first-order chi connectivity index (χ1) is 9.29. The number of para-hydroxylation sites is 1. The van der Waals surface area contributed by atoms with Gasteiger partial charge in [0.05, 0.1) is 7.11 Å². The first-order valence-electron chi connectivity index (χ1n) is 6.40. The Morgan fingerprint density at radius 1 is 1.42 bits per heavy atom. The van der Waals surface area contributed by atoms with Crippen LogP contribution >= 0.6 is 11.5 Å². The molecule has 0 radical (unpaired) electrons. The molecule has 3 N–H and O–H groups in total. The van der Waals surface area contributed by atoms with Gasteiger partial charge in [-0.2, -0.15) is 4.37 Å². The second-order valence-corrected chi connectivity index (χ2v) is 5.52. The van der Waals surface area contributed by atoms with Gasteiger partial charge in [-0.15, -0.1) is 0 Å². The van der Waals surface area contributed by atoms with Gasteiger partial charge in [0.25, 0.3) is 0 Å². The first-order valence-corrected chi connectivity index (χ1v) is 7.17. The number of nitrogen functional groups attached to an aromatic ring is 1. The molecule has 0 amide bonds. The Labute approximate surface area is 116 Å². The summed E-state index contributed by atoms with van der Waals surface area (Å²) in [7, 11) is 1.69. The van der Waals surface area contributed by atoms with Gasteiger partial charge >= 0.3 is 0 Å². The molecule has 0 atom stereocenters. The number of ether oxygens (including phenoxy) is 1. The smallest absolute Gasteiger partial charge is 0.142 e. The summed E-state index contributed by atoms with van der Waals surface area (Å²) in [4.78, 5) is 0. The number of nitrogens with two attached hydrogens (primary N) is 1. The van der Waals surface area contributed by atoms with E-state index < -0.39 is 0 Å². The number of hydrogen-bond acceptors (Lipinski definition) is 5. The van der Waals surface area contributed by atoms with Crippen LogP contribution in [0.15, 0.2) is 24.3 Å². The lowest BCUT2D eigenvalue weighted by atomic mass is 10.2. The average Bonchev–Trinajstić information content (AvgIpc) is 3.20. The van der Waals surface area contributed by atoms with E-state index in [9.17, 15) is 0 Å². The van der Waals surface area contributed by atoms with Gasteiger partial charge in [-0.3, -0.25) is 0 Å². The van der Waals surface area contributed by atoms with Gasteiger partial charge in [0.2, 0.25) is 0 Å². The summed E-state index contributed by atoms with van der Waals surface area (Å²) in [5.74, 6) is 2.20. The van der Waals surface area contributed by atoms with E-state index in [0.717, 1.165) is 22.9 Å². The van der Waals surface area contributed by atoms with Crippen LogP contribution in [0.1, 0.15) is 29.9 Å². The lowest BCUT2D eigenvalue weighted by Crippen LogP contribution is -2.02. The Hall–Kier alpha value is -1.75. The molecule has 1 aliphatic carbocycles. The molecule has 0 aliphatic heterocycles. The molecule has 0 saturated heterocycles. The zero-order valence-corrected chi connectivity index (χ0v) is 11.7. The molecule has 2 aromatic rings. The Morgan fingerprint density at radius 3 is 2.95 bits per heavy atom. The molecule has 1 saturated carbocycles. The minimum absolute atomic E-state index is 0.610. The minimum Gasteiger partial charge on any atom is -0.496 e. The largest absolute Gasteiger partial charge is 0.496 e. The molecule has 0 spiro atoms. The third kappa shape index (κ3) is 2.51. The number of anilines is 2. The quantitative estimate of drug-likeness (QED) is 0.879. The van der Waals surface area contributed by atoms with Crippen molar-refractivity contribution < 1.29 is 4.74 Å². The van der Waals surface area contributed by atoms with Crippen molar-refractivity contribution in [1.82, 2.24) is 4.37 Å². The average molecular weight is 275 g/mol. The zero-order chi connectivity index (χ0) is 13.2. The number of benzene rings is 1. The second-order valence-electron chi connectivity index (χ2n) is 4.75. The van der Waals surface area contributed by atoms with Gasteiger partial charge in [0.15, 0.2) is 0 Å². The molecule has 1 aliphatic rings. The molecule has 19 heavy (non-hydrogen) atoms. The number of aromatic nitrogens is 1. The van der Waals surface area contributed by atoms with Crippen molar-refractivity contribution in [3.8, 4) is 5.75 Å². The molecule has 4 nitrogen and oxygen atoms in total. The molecule has 5 heteroatoms. The number of methoxy groups -OCH3 is 1. The fourth-order valence-corrected chi connectivity index (χ4v) is 3.02. The molecule has 1 heterocycles. The van der Waals surface area contributed by atoms with Crippen molar-refractivity contribution in [3.63, 3.8) is 0 Å². The van der Waals surface area contributed by atoms with Gasteiger partial charge in [-0.05, 0) is 36.4 Å². The van der Waals surface area contributed by atoms with Crippen LogP contribution in [0.2, 0.25) is 0 Å². The van der Waals surface area contributed by atoms with E-state index in [4.69, 9.17) is 10.5 Å². The highest BCUT2D eigenvalue weighted by Gasteiger charge is 2.30. The van der Waals surface area contributed by atoms with Gasteiger partial charge in [-0.25, -0.2) is 0 Å². The third-order valence-electron chi connectivity index (χ3n) is 3.37. The van der Waals surface area contributed by atoms with Crippen molar-refractivity contribution >= 4 is 22.4 Å². The maximum atomic E-state index is 5.94. The maximum Gasteiger partial charge on any atom is 0.142 e. The Balaban J connectivity index is 1.75. The van der Waals surface area contributed by atoms with Gasteiger partial charge < -0.3 is 15.8 Å². The standard InChI is InChI=1S/C14H17N3OS/c1-18-11-5-3-2-4-10(11)8-16-14-12(9-6-7-9)13(15)17-19-14/h2-5,9,16H,6-8H2,1H3,(H2,15,17). The lowest BCUT2D eigenvalue weighted by Gasteiger charge is -2.10. The first kappa shape index (κ1) is 12.3. The van der Waals surface area contributed by atoms with Gasteiger partial charge in [0, 0.05) is 17.7 Å². The third-order valence-corrected chi connectivity index (χ3v) is 4.21. The van der Waals surface area contributed by atoms with Crippen LogP contribution in [-0.2, 0) is 6.54 Å². The Bertz CT molecular complexity index is 578. The van der Waals surface area contributed by atoms with Crippen molar-refractivity contribution in [3.05, 3.63) is 35.4 Å². The van der Waals surface area contributed by atoms with E-state index in [1.807, 2.05) is 18.2 Å². The second kappa shape index (κ2) is 5.09. The molecule has 0 bridgehead atoms. The van der Waals surface area contributed by atoms with Crippen LogP contribution in [-0.4, -0.2) is 11.5 Å². The Morgan fingerprint density at radius 2 is 2.21 bits per heavy atom. The molecular formula is C14H17N3OS. The number of rotatable bonds is 5. The summed E-state index contributed by atoms with van der Waals surface area (Å²) in [5, 5.41) is 4.55. The number of nitrogens with one attached hydrogen (secondary N) is 1. The number of hydrogen-bond donors (Lipinski definition) is 2. The van der Waals surface area contributed by atoms with Gasteiger partial charge in [-0.1, -0.05) is 18.2 Å².